The van der Waals surface area contributed by atoms with Gasteiger partial charge in [0, 0.05) is 4.47 Å². The van der Waals surface area contributed by atoms with E-state index in [4.69, 9.17) is 4.42 Å². The minimum Gasteiger partial charge on any atom is -0.466 e. The van der Waals surface area contributed by atoms with Crippen molar-refractivity contribution in [1.82, 2.24) is 9.97 Å². The quantitative estimate of drug-likeness (QED) is 0.643. The zero-order valence-electron chi connectivity index (χ0n) is 9.59. The van der Waals surface area contributed by atoms with Gasteiger partial charge < -0.3 is 19.7 Å². The molecule has 0 bridgehead atoms. The maximum absolute atomic E-state index is 11.2. The number of fused-ring (bicyclic) bond motifs is 1. The van der Waals surface area contributed by atoms with E-state index in [-0.39, 0.29) is 5.69 Å². The summed E-state index contributed by atoms with van der Waals surface area (Å²) in [4.78, 5) is 16.7. The van der Waals surface area contributed by atoms with Crippen molar-refractivity contribution in [3.63, 3.8) is 0 Å². The molecule has 0 saturated heterocycles. The summed E-state index contributed by atoms with van der Waals surface area (Å²) < 4.78 is 7.13. The van der Waals surface area contributed by atoms with Crippen LogP contribution in [0.25, 0.3) is 11.0 Å². The van der Waals surface area contributed by atoms with Crippen LogP contribution in [-0.4, -0.2) is 9.97 Å². The third-order valence-corrected chi connectivity index (χ3v) is 4.10. The molecule has 1 aromatic carbocycles. The molecule has 2 aromatic heterocycles. The Bertz CT molecular complexity index is 788. The van der Waals surface area contributed by atoms with Gasteiger partial charge in [-0.25, -0.2) is 4.79 Å². The number of furan rings is 1. The van der Waals surface area contributed by atoms with E-state index < -0.39 is 0 Å². The Morgan fingerprint density at radius 1 is 1.16 bits per heavy atom. The summed E-state index contributed by atoms with van der Waals surface area (Å²) in [7, 11) is 0. The molecular weight excluding hydrogens is 378 g/mol. The molecule has 0 atom stereocenters. The maximum atomic E-state index is 11.2. The molecule has 2 heterocycles. The zero-order valence-corrected chi connectivity index (χ0v) is 12.8. The van der Waals surface area contributed by atoms with Gasteiger partial charge in [0.15, 0.2) is 0 Å². The Balaban J connectivity index is 1.90. The number of halogens is 2. The number of anilines is 1. The second-order valence-electron chi connectivity index (χ2n) is 4.00. The molecule has 3 N–H and O–H groups in total. The molecule has 98 valence electrons. The van der Waals surface area contributed by atoms with Crippen molar-refractivity contribution in [2.45, 2.75) is 6.54 Å². The van der Waals surface area contributed by atoms with E-state index in [0.29, 0.717) is 6.54 Å². The Labute approximate surface area is 124 Å². The van der Waals surface area contributed by atoms with Crippen LogP contribution in [0.3, 0.4) is 0 Å². The first-order chi connectivity index (χ1) is 9.13. The SMILES string of the molecule is O=c1[nH]c2cc(Br)c(NCc3occc3Br)cc2[nH]1. The first kappa shape index (κ1) is 12.6. The van der Waals surface area contributed by atoms with Crippen LogP contribution in [-0.2, 0) is 6.54 Å². The molecule has 0 unspecified atom stereocenters. The number of H-pyrrole nitrogens is 2. The van der Waals surface area contributed by atoms with E-state index in [9.17, 15) is 4.79 Å². The lowest BCUT2D eigenvalue weighted by Crippen LogP contribution is -1.99. The summed E-state index contributed by atoms with van der Waals surface area (Å²) in [5.41, 5.74) is 2.19. The number of rotatable bonds is 3. The Kier molecular flexibility index (Phi) is 3.24. The van der Waals surface area contributed by atoms with Crippen LogP contribution in [0, 0.1) is 0 Å². The molecule has 0 aliphatic rings. The summed E-state index contributed by atoms with van der Waals surface area (Å²) in [6.45, 7) is 0.548. The van der Waals surface area contributed by atoms with Crippen LogP contribution < -0.4 is 11.0 Å². The summed E-state index contributed by atoms with van der Waals surface area (Å²) >= 11 is 6.87. The van der Waals surface area contributed by atoms with Crippen molar-refractivity contribution in [1.29, 1.82) is 0 Å². The van der Waals surface area contributed by atoms with Gasteiger partial charge in [-0.15, -0.1) is 0 Å². The Hall–Kier alpha value is -1.47. The summed E-state index contributed by atoms with van der Waals surface area (Å²) in [6.07, 6.45) is 1.63. The number of hydrogen-bond donors (Lipinski definition) is 3. The standard InChI is InChI=1S/C12H9Br2N3O2/c13-6-1-2-19-11(6)5-15-8-4-10-9(3-7(8)14)16-12(18)17-10/h1-4,15H,5H2,(H2,16,17,18). The van der Waals surface area contributed by atoms with E-state index in [1.165, 1.54) is 0 Å². The number of benzene rings is 1. The molecule has 0 aliphatic carbocycles. The molecule has 0 aliphatic heterocycles. The molecule has 7 heteroatoms. The second-order valence-corrected chi connectivity index (χ2v) is 5.71. The van der Waals surface area contributed by atoms with Gasteiger partial charge in [-0.3, -0.25) is 0 Å². The molecule has 3 aromatic rings. The summed E-state index contributed by atoms with van der Waals surface area (Å²) in [5, 5.41) is 3.25. The monoisotopic (exact) mass is 385 g/mol. The molecule has 0 spiro atoms. The topological polar surface area (TPSA) is 73.8 Å². The third-order valence-electron chi connectivity index (χ3n) is 2.73. The number of nitrogens with one attached hydrogen (secondary N) is 3. The second kappa shape index (κ2) is 4.90. The van der Waals surface area contributed by atoms with Crippen LogP contribution in [0.4, 0.5) is 5.69 Å². The van der Waals surface area contributed by atoms with Gasteiger partial charge in [0.1, 0.15) is 5.76 Å². The highest BCUT2D eigenvalue weighted by molar-refractivity contribution is 9.11. The molecule has 0 fully saturated rings. The van der Waals surface area contributed by atoms with E-state index in [2.05, 4.69) is 47.1 Å². The highest BCUT2D eigenvalue weighted by Gasteiger charge is 2.07. The minimum absolute atomic E-state index is 0.215. The van der Waals surface area contributed by atoms with Gasteiger partial charge in [0.25, 0.3) is 0 Å². The number of aromatic amines is 2. The number of hydrogen-bond acceptors (Lipinski definition) is 3. The van der Waals surface area contributed by atoms with Crippen molar-refractivity contribution >= 4 is 48.6 Å². The molecule has 3 rings (SSSR count). The highest BCUT2D eigenvalue weighted by atomic mass is 79.9. The van der Waals surface area contributed by atoms with Crippen molar-refractivity contribution in [2.24, 2.45) is 0 Å². The molecule has 19 heavy (non-hydrogen) atoms. The number of imidazole rings is 1. The average Bonchev–Trinajstić information content (AvgIpc) is 2.91. The smallest absolute Gasteiger partial charge is 0.323 e. The zero-order chi connectivity index (χ0) is 13.4. The van der Waals surface area contributed by atoms with E-state index >= 15 is 0 Å². The predicted molar refractivity (Wildman–Crippen MR) is 80.4 cm³/mol. The van der Waals surface area contributed by atoms with E-state index in [1.54, 1.807) is 6.26 Å². The predicted octanol–water partition coefficient (Wildman–Crippen LogP) is 3.59. The average molecular weight is 387 g/mol. The normalized spacial score (nSPS) is 11.1. The fraction of sp³-hybridized carbons (Fsp3) is 0.0833. The molecule has 0 radical (unpaired) electrons. The Morgan fingerprint density at radius 3 is 2.58 bits per heavy atom. The van der Waals surface area contributed by atoms with Gasteiger partial charge in [-0.2, -0.15) is 0 Å². The maximum Gasteiger partial charge on any atom is 0.323 e. The van der Waals surface area contributed by atoms with Crippen LogP contribution in [0.5, 0.6) is 0 Å². The van der Waals surface area contributed by atoms with Crippen molar-refractivity contribution < 1.29 is 4.42 Å². The van der Waals surface area contributed by atoms with Crippen molar-refractivity contribution in [2.75, 3.05) is 5.32 Å². The van der Waals surface area contributed by atoms with Crippen LogP contribution in [0.15, 0.2) is 42.6 Å². The van der Waals surface area contributed by atoms with Gasteiger partial charge in [-0.05, 0) is 50.1 Å². The summed E-state index contributed by atoms with van der Waals surface area (Å²) in [6, 6.07) is 5.57. The number of aromatic nitrogens is 2. The fourth-order valence-corrected chi connectivity index (χ4v) is 2.64. The van der Waals surface area contributed by atoms with Gasteiger partial charge in [0.2, 0.25) is 0 Å². The van der Waals surface area contributed by atoms with Crippen molar-refractivity contribution in [3.05, 3.63) is 49.7 Å². The van der Waals surface area contributed by atoms with Crippen molar-refractivity contribution in [3.8, 4) is 0 Å². The van der Waals surface area contributed by atoms with E-state index in [1.807, 2.05) is 18.2 Å². The van der Waals surface area contributed by atoms with Crippen LogP contribution in [0.2, 0.25) is 0 Å². The van der Waals surface area contributed by atoms with Crippen LogP contribution in [0.1, 0.15) is 5.76 Å². The molecule has 0 amide bonds. The van der Waals surface area contributed by atoms with Gasteiger partial charge in [0.05, 0.1) is 34.0 Å². The van der Waals surface area contributed by atoms with Crippen LogP contribution >= 0.6 is 31.9 Å². The third kappa shape index (κ3) is 2.48. The fourth-order valence-electron chi connectivity index (χ4n) is 1.82. The van der Waals surface area contributed by atoms with Gasteiger partial charge >= 0.3 is 5.69 Å². The van der Waals surface area contributed by atoms with E-state index in [0.717, 1.165) is 31.4 Å². The molecule has 0 saturated carbocycles. The molecular formula is C12H9Br2N3O2. The lowest BCUT2D eigenvalue weighted by Gasteiger charge is -2.07. The lowest BCUT2D eigenvalue weighted by molar-refractivity contribution is 0.516. The highest BCUT2D eigenvalue weighted by Crippen LogP contribution is 2.27. The first-order valence-electron chi connectivity index (χ1n) is 5.51. The first-order valence-corrected chi connectivity index (χ1v) is 7.09. The minimum atomic E-state index is -0.215. The lowest BCUT2D eigenvalue weighted by atomic mass is 10.2. The summed E-state index contributed by atoms with van der Waals surface area (Å²) in [5.74, 6) is 0.814. The Morgan fingerprint density at radius 2 is 1.89 bits per heavy atom. The van der Waals surface area contributed by atoms with Gasteiger partial charge in [-0.1, -0.05) is 0 Å². The molecule has 5 nitrogen and oxygen atoms in total. The largest absolute Gasteiger partial charge is 0.466 e.